The van der Waals surface area contributed by atoms with Gasteiger partial charge in [0, 0.05) is 22.3 Å². The average Bonchev–Trinajstić information content (AvgIpc) is 3.08. The van der Waals surface area contributed by atoms with E-state index in [1.807, 2.05) is 12.3 Å². The van der Waals surface area contributed by atoms with Crippen LogP contribution in [0.2, 0.25) is 0 Å². The predicted molar refractivity (Wildman–Crippen MR) is 103 cm³/mol. The van der Waals surface area contributed by atoms with Gasteiger partial charge in [-0.2, -0.15) is 0 Å². The Labute approximate surface area is 156 Å². The first-order valence-corrected chi connectivity index (χ1v) is 9.32. The summed E-state index contributed by atoms with van der Waals surface area (Å²) in [5.74, 6) is 0.401. The number of carbonyl (C=O) groups is 1. The van der Waals surface area contributed by atoms with Gasteiger partial charge >= 0.3 is 5.97 Å². The molecule has 2 aromatic heterocycles. The van der Waals surface area contributed by atoms with Crippen LogP contribution in [-0.4, -0.2) is 26.0 Å². The third-order valence-corrected chi connectivity index (χ3v) is 4.80. The Hall–Kier alpha value is -2.80. The zero-order valence-corrected chi connectivity index (χ0v) is 15.7. The molecule has 0 aliphatic carbocycles. The van der Waals surface area contributed by atoms with Gasteiger partial charge < -0.3 is 10.4 Å². The van der Waals surface area contributed by atoms with Crippen molar-refractivity contribution in [1.82, 2.24) is 15.0 Å². The highest BCUT2D eigenvalue weighted by molar-refractivity contribution is 7.09. The molecule has 0 aliphatic rings. The second kappa shape index (κ2) is 7.61. The van der Waals surface area contributed by atoms with Crippen molar-refractivity contribution in [2.45, 2.75) is 33.6 Å². The number of rotatable bonds is 6. The third kappa shape index (κ3) is 3.72. The van der Waals surface area contributed by atoms with Crippen LogP contribution in [-0.2, 0) is 12.8 Å². The molecule has 0 radical (unpaired) electrons. The quantitative estimate of drug-likeness (QED) is 0.667. The molecule has 6 nitrogen and oxygen atoms in total. The smallest absolute Gasteiger partial charge is 0.335 e. The molecule has 2 heterocycles. The maximum atomic E-state index is 11.0. The largest absolute Gasteiger partial charge is 0.478 e. The van der Waals surface area contributed by atoms with E-state index in [0.717, 1.165) is 46.3 Å². The molecule has 0 spiro atoms. The van der Waals surface area contributed by atoms with E-state index in [9.17, 15) is 4.79 Å². The number of aromatic nitrogens is 3. The van der Waals surface area contributed by atoms with Crippen molar-refractivity contribution in [3.8, 4) is 11.5 Å². The Morgan fingerprint density at radius 2 is 1.85 bits per heavy atom. The van der Waals surface area contributed by atoms with Crippen LogP contribution in [0.15, 0.2) is 29.6 Å². The highest BCUT2D eigenvalue weighted by atomic mass is 32.1. The molecular formula is C19H20N4O2S. The molecule has 26 heavy (non-hydrogen) atoms. The zero-order valence-electron chi connectivity index (χ0n) is 14.9. The van der Waals surface area contributed by atoms with Gasteiger partial charge in [-0.15, -0.1) is 11.3 Å². The van der Waals surface area contributed by atoms with E-state index >= 15 is 0 Å². The molecule has 0 saturated heterocycles. The lowest BCUT2D eigenvalue weighted by atomic mass is 10.1. The van der Waals surface area contributed by atoms with Crippen LogP contribution in [0.1, 0.15) is 40.5 Å². The number of nitrogens with zero attached hydrogens (tertiary/aromatic N) is 3. The van der Waals surface area contributed by atoms with Gasteiger partial charge in [0.25, 0.3) is 0 Å². The van der Waals surface area contributed by atoms with Gasteiger partial charge in [0.15, 0.2) is 5.82 Å². The molecule has 3 rings (SSSR count). The summed E-state index contributed by atoms with van der Waals surface area (Å²) in [6.45, 7) is 6.10. The van der Waals surface area contributed by atoms with Gasteiger partial charge in [-0.25, -0.2) is 19.7 Å². The van der Waals surface area contributed by atoms with Crippen LogP contribution in [0.3, 0.4) is 0 Å². The number of aryl methyl sites for hydroxylation is 2. The summed E-state index contributed by atoms with van der Waals surface area (Å²) in [5.41, 5.74) is 3.86. The number of benzene rings is 1. The second-order valence-corrected chi connectivity index (χ2v) is 6.85. The van der Waals surface area contributed by atoms with Crippen molar-refractivity contribution >= 4 is 28.8 Å². The average molecular weight is 368 g/mol. The standard InChI is InChI=1S/C19H20N4O2S/c1-4-14-15(5-2)22-18(16-10-26-11(3)20-16)23-17(14)21-13-8-6-12(7-9-13)19(24)25/h6-10H,4-5H2,1-3H3,(H,24,25)(H,21,22,23). The maximum absolute atomic E-state index is 11.0. The molecule has 1 aromatic carbocycles. The molecule has 134 valence electrons. The minimum Gasteiger partial charge on any atom is -0.478 e. The van der Waals surface area contributed by atoms with Crippen molar-refractivity contribution in [2.24, 2.45) is 0 Å². The highest BCUT2D eigenvalue weighted by Gasteiger charge is 2.15. The van der Waals surface area contributed by atoms with E-state index in [2.05, 4.69) is 24.1 Å². The van der Waals surface area contributed by atoms with E-state index < -0.39 is 5.97 Å². The molecular weight excluding hydrogens is 348 g/mol. The lowest BCUT2D eigenvalue weighted by molar-refractivity contribution is 0.0697. The van der Waals surface area contributed by atoms with Crippen molar-refractivity contribution in [2.75, 3.05) is 5.32 Å². The van der Waals surface area contributed by atoms with Gasteiger partial charge in [-0.05, 0) is 44.0 Å². The Morgan fingerprint density at radius 3 is 2.38 bits per heavy atom. The normalized spacial score (nSPS) is 10.7. The second-order valence-electron chi connectivity index (χ2n) is 5.79. The van der Waals surface area contributed by atoms with Crippen LogP contribution in [0.5, 0.6) is 0 Å². The van der Waals surface area contributed by atoms with Crippen molar-refractivity contribution in [1.29, 1.82) is 0 Å². The topological polar surface area (TPSA) is 88.0 Å². The van der Waals surface area contributed by atoms with Gasteiger partial charge in [-0.3, -0.25) is 0 Å². The van der Waals surface area contributed by atoms with E-state index in [4.69, 9.17) is 15.1 Å². The zero-order chi connectivity index (χ0) is 18.7. The summed E-state index contributed by atoms with van der Waals surface area (Å²) in [6.07, 6.45) is 1.60. The number of hydrogen-bond donors (Lipinski definition) is 2. The molecule has 0 unspecified atom stereocenters. The molecule has 0 atom stereocenters. The van der Waals surface area contributed by atoms with Gasteiger partial charge in [0.2, 0.25) is 0 Å². The predicted octanol–water partition coefficient (Wildman–Crippen LogP) is 4.48. The molecule has 7 heteroatoms. The Bertz CT molecular complexity index is 935. The number of nitrogens with one attached hydrogen (secondary N) is 1. The van der Waals surface area contributed by atoms with Crippen LogP contribution in [0.25, 0.3) is 11.5 Å². The van der Waals surface area contributed by atoms with Crippen LogP contribution in [0.4, 0.5) is 11.5 Å². The van der Waals surface area contributed by atoms with E-state index in [-0.39, 0.29) is 5.56 Å². The first-order chi connectivity index (χ1) is 12.5. The number of anilines is 2. The van der Waals surface area contributed by atoms with Crippen LogP contribution in [0, 0.1) is 6.92 Å². The lowest BCUT2D eigenvalue weighted by Crippen LogP contribution is -2.07. The third-order valence-electron chi connectivity index (χ3n) is 4.02. The highest BCUT2D eigenvalue weighted by Crippen LogP contribution is 2.27. The minimum absolute atomic E-state index is 0.252. The monoisotopic (exact) mass is 368 g/mol. The van der Waals surface area contributed by atoms with Gasteiger partial charge in [0.05, 0.1) is 10.6 Å². The fourth-order valence-electron chi connectivity index (χ4n) is 2.71. The number of thiazole rings is 1. The number of aromatic carboxylic acids is 1. The van der Waals surface area contributed by atoms with Gasteiger partial charge in [-0.1, -0.05) is 13.8 Å². The molecule has 0 fully saturated rings. The number of carboxylic acid groups (broad SMARTS) is 1. The Kier molecular flexibility index (Phi) is 5.27. The van der Waals surface area contributed by atoms with Crippen LogP contribution >= 0.6 is 11.3 Å². The summed E-state index contributed by atoms with van der Waals surface area (Å²) in [4.78, 5) is 24.9. The van der Waals surface area contributed by atoms with Crippen molar-refractivity contribution < 1.29 is 9.90 Å². The molecule has 0 bridgehead atoms. The summed E-state index contributed by atoms with van der Waals surface area (Å²) < 4.78 is 0. The van der Waals surface area contributed by atoms with Crippen LogP contribution < -0.4 is 5.32 Å². The molecule has 0 saturated carbocycles. The molecule has 2 N–H and O–H groups in total. The summed E-state index contributed by atoms with van der Waals surface area (Å²) in [7, 11) is 0. The first kappa shape index (κ1) is 18.0. The van der Waals surface area contributed by atoms with E-state index in [1.54, 1.807) is 35.6 Å². The Morgan fingerprint density at radius 1 is 1.12 bits per heavy atom. The fraction of sp³-hybridized carbons (Fsp3) is 0.263. The maximum Gasteiger partial charge on any atom is 0.335 e. The summed E-state index contributed by atoms with van der Waals surface area (Å²) in [5, 5.41) is 15.3. The molecule has 0 amide bonds. The molecule has 3 aromatic rings. The molecule has 0 aliphatic heterocycles. The van der Waals surface area contributed by atoms with Crippen molar-refractivity contribution in [3.05, 3.63) is 51.5 Å². The van der Waals surface area contributed by atoms with Crippen molar-refractivity contribution in [3.63, 3.8) is 0 Å². The summed E-state index contributed by atoms with van der Waals surface area (Å²) >= 11 is 1.57. The first-order valence-electron chi connectivity index (χ1n) is 8.44. The minimum atomic E-state index is -0.942. The SMILES string of the molecule is CCc1nc(-c2csc(C)n2)nc(Nc2ccc(C(=O)O)cc2)c1CC. The fourth-order valence-corrected chi connectivity index (χ4v) is 3.30. The van der Waals surface area contributed by atoms with Gasteiger partial charge in [0.1, 0.15) is 11.5 Å². The number of carboxylic acids is 1. The summed E-state index contributed by atoms with van der Waals surface area (Å²) in [6, 6.07) is 6.62. The van der Waals surface area contributed by atoms with E-state index in [1.165, 1.54) is 0 Å². The van der Waals surface area contributed by atoms with E-state index in [0.29, 0.717) is 5.82 Å². The number of hydrogen-bond acceptors (Lipinski definition) is 6. The lowest BCUT2D eigenvalue weighted by Gasteiger charge is -2.14. The Balaban J connectivity index is 2.02.